The summed E-state index contributed by atoms with van der Waals surface area (Å²) in [7, 11) is 0. The maximum atomic E-state index is 12.0. The molecule has 2 amide bonds. The number of H-pyrrole nitrogens is 1. The van der Waals surface area contributed by atoms with Crippen LogP contribution in [0.25, 0.3) is 11.2 Å². The molecule has 8 nitrogen and oxygen atoms in total. The van der Waals surface area contributed by atoms with Crippen molar-refractivity contribution in [2.75, 3.05) is 25.0 Å². The van der Waals surface area contributed by atoms with E-state index in [1.807, 2.05) is 6.92 Å². The van der Waals surface area contributed by atoms with Crippen molar-refractivity contribution in [3.63, 3.8) is 0 Å². The molecule has 1 saturated heterocycles. The van der Waals surface area contributed by atoms with Gasteiger partial charge in [-0.1, -0.05) is 0 Å². The lowest BCUT2D eigenvalue weighted by Crippen LogP contribution is -2.29. The van der Waals surface area contributed by atoms with Gasteiger partial charge in [0.05, 0.1) is 11.8 Å². The molecule has 2 aromatic heterocycles. The van der Waals surface area contributed by atoms with Gasteiger partial charge in [0.2, 0.25) is 5.91 Å². The maximum absolute atomic E-state index is 12.0. The second-order valence-corrected chi connectivity index (χ2v) is 5.61. The molecule has 0 aliphatic carbocycles. The van der Waals surface area contributed by atoms with E-state index in [-0.39, 0.29) is 17.9 Å². The number of hydrogen-bond donors (Lipinski definition) is 3. The second-order valence-electron chi connectivity index (χ2n) is 5.61. The summed E-state index contributed by atoms with van der Waals surface area (Å²) in [6.45, 7) is 5.40. The van der Waals surface area contributed by atoms with E-state index in [0.717, 1.165) is 13.0 Å². The van der Waals surface area contributed by atoms with Crippen molar-refractivity contribution in [3.8, 4) is 0 Å². The number of nitrogens with one attached hydrogen (secondary N) is 3. The zero-order valence-electron chi connectivity index (χ0n) is 13.2. The zero-order chi connectivity index (χ0) is 16.4. The van der Waals surface area contributed by atoms with E-state index in [1.54, 1.807) is 24.2 Å². The fourth-order valence-corrected chi connectivity index (χ4v) is 2.76. The molecule has 0 unspecified atom stereocenters. The lowest BCUT2D eigenvalue weighted by molar-refractivity contribution is -0.127. The lowest BCUT2D eigenvalue weighted by atomic mass is 10.2. The van der Waals surface area contributed by atoms with Gasteiger partial charge in [-0.3, -0.25) is 9.59 Å². The Morgan fingerprint density at radius 1 is 1.48 bits per heavy atom. The average molecular weight is 316 g/mol. The van der Waals surface area contributed by atoms with Gasteiger partial charge in [-0.25, -0.2) is 9.97 Å². The third-order valence-corrected chi connectivity index (χ3v) is 3.95. The Balaban J connectivity index is 1.78. The summed E-state index contributed by atoms with van der Waals surface area (Å²) < 4.78 is 0. The van der Waals surface area contributed by atoms with Crippen molar-refractivity contribution in [1.29, 1.82) is 0 Å². The Bertz CT molecular complexity index is 741. The van der Waals surface area contributed by atoms with Crippen molar-refractivity contribution in [1.82, 2.24) is 25.2 Å². The molecule has 1 atom stereocenters. The van der Waals surface area contributed by atoms with Gasteiger partial charge in [-0.05, 0) is 13.3 Å². The van der Waals surface area contributed by atoms with Crippen LogP contribution >= 0.6 is 0 Å². The van der Waals surface area contributed by atoms with Gasteiger partial charge < -0.3 is 20.5 Å². The fourth-order valence-electron chi connectivity index (χ4n) is 2.76. The molecule has 1 aliphatic rings. The van der Waals surface area contributed by atoms with Gasteiger partial charge in [0.15, 0.2) is 5.65 Å². The predicted octanol–water partition coefficient (Wildman–Crippen LogP) is 0.740. The fraction of sp³-hybridized carbons (Fsp3) is 0.467. The molecule has 1 aliphatic heterocycles. The normalized spacial score (nSPS) is 17.5. The van der Waals surface area contributed by atoms with Crippen molar-refractivity contribution in [2.24, 2.45) is 0 Å². The van der Waals surface area contributed by atoms with Gasteiger partial charge in [0.1, 0.15) is 11.3 Å². The molecule has 0 radical (unpaired) electrons. The van der Waals surface area contributed by atoms with E-state index in [4.69, 9.17) is 0 Å². The monoisotopic (exact) mass is 316 g/mol. The average Bonchev–Trinajstić information content (AvgIpc) is 3.14. The minimum atomic E-state index is -0.172. The number of hydrogen-bond acceptors (Lipinski definition) is 5. The molecule has 0 saturated carbocycles. The highest BCUT2D eigenvalue weighted by Gasteiger charge is 2.24. The SMILES string of the molecule is CCNC(=O)c1c[nH]c2ncc(N[C@@H]3CCN(C(C)=O)C3)nc12. The molecule has 3 N–H and O–H groups in total. The third-order valence-electron chi connectivity index (χ3n) is 3.95. The molecule has 0 bridgehead atoms. The van der Waals surface area contributed by atoms with E-state index in [0.29, 0.717) is 35.6 Å². The van der Waals surface area contributed by atoms with Crippen LogP contribution in [0.5, 0.6) is 0 Å². The first-order chi connectivity index (χ1) is 11.1. The van der Waals surface area contributed by atoms with Gasteiger partial charge in [0, 0.05) is 38.8 Å². The highest BCUT2D eigenvalue weighted by molar-refractivity contribution is 6.04. The topological polar surface area (TPSA) is 103 Å². The summed E-state index contributed by atoms with van der Waals surface area (Å²) in [5, 5.41) is 6.05. The van der Waals surface area contributed by atoms with Gasteiger partial charge in [-0.15, -0.1) is 0 Å². The van der Waals surface area contributed by atoms with Crippen LogP contribution in [0.1, 0.15) is 30.6 Å². The predicted molar refractivity (Wildman–Crippen MR) is 86.2 cm³/mol. The van der Waals surface area contributed by atoms with E-state index >= 15 is 0 Å². The lowest BCUT2D eigenvalue weighted by Gasteiger charge is -2.15. The van der Waals surface area contributed by atoms with Crippen molar-refractivity contribution in [2.45, 2.75) is 26.3 Å². The molecule has 122 valence electrons. The van der Waals surface area contributed by atoms with Crippen molar-refractivity contribution >= 4 is 28.8 Å². The third kappa shape index (κ3) is 3.10. The minimum absolute atomic E-state index is 0.0833. The number of aromatic nitrogens is 3. The number of anilines is 1. The Kier molecular flexibility index (Phi) is 4.14. The van der Waals surface area contributed by atoms with Crippen LogP contribution in [0.3, 0.4) is 0 Å². The Hall–Kier alpha value is -2.64. The Labute approximate surface area is 133 Å². The van der Waals surface area contributed by atoms with E-state index < -0.39 is 0 Å². The Morgan fingerprint density at radius 2 is 2.30 bits per heavy atom. The number of nitrogens with zero attached hydrogens (tertiary/aromatic N) is 3. The van der Waals surface area contributed by atoms with E-state index in [9.17, 15) is 9.59 Å². The van der Waals surface area contributed by atoms with Crippen LogP contribution in [-0.4, -0.2) is 57.3 Å². The van der Waals surface area contributed by atoms with Crippen LogP contribution in [0, 0.1) is 0 Å². The van der Waals surface area contributed by atoms with Crippen LogP contribution in [0.4, 0.5) is 5.82 Å². The van der Waals surface area contributed by atoms with Gasteiger partial charge in [0.25, 0.3) is 5.91 Å². The number of carbonyl (C=O) groups is 2. The van der Waals surface area contributed by atoms with Crippen molar-refractivity contribution in [3.05, 3.63) is 18.0 Å². The molecule has 2 aromatic rings. The summed E-state index contributed by atoms with van der Waals surface area (Å²) in [6, 6.07) is 0.150. The summed E-state index contributed by atoms with van der Waals surface area (Å²) in [4.78, 5) is 37.0. The molecule has 3 rings (SSSR count). The molecule has 1 fully saturated rings. The Morgan fingerprint density at radius 3 is 3.00 bits per heavy atom. The number of likely N-dealkylation sites (tertiary alicyclic amines) is 1. The highest BCUT2D eigenvalue weighted by Crippen LogP contribution is 2.19. The number of aromatic amines is 1. The molecule has 3 heterocycles. The first-order valence-electron chi connectivity index (χ1n) is 7.73. The molecule has 8 heteroatoms. The van der Waals surface area contributed by atoms with Crippen LogP contribution in [-0.2, 0) is 4.79 Å². The van der Waals surface area contributed by atoms with Crippen molar-refractivity contribution < 1.29 is 9.59 Å². The summed E-state index contributed by atoms with van der Waals surface area (Å²) in [5.41, 5.74) is 1.60. The quantitative estimate of drug-likeness (QED) is 0.772. The smallest absolute Gasteiger partial charge is 0.255 e. The maximum Gasteiger partial charge on any atom is 0.255 e. The van der Waals surface area contributed by atoms with Crippen LogP contribution in [0.15, 0.2) is 12.4 Å². The molecular weight excluding hydrogens is 296 g/mol. The standard InChI is InChI=1S/C15H20N6O2/c1-3-16-15(23)11-6-17-14-13(11)20-12(7-18-14)19-10-4-5-21(8-10)9(2)22/h6-7,10H,3-5,8H2,1-2H3,(H,16,23)(H,17,18)(H,19,20)/t10-/m1/s1. The van der Waals surface area contributed by atoms with E-state index in [2.05, 4.69) is 25.6 Å². The number of fused-ring (bicyclic) bond motifs is 1. The highest BCUT2D eigenvalue weighted by atomic mass is 16.2. The largest absolute Gasteiger partial charge is 0.364 e. The molecule has 0 aromatic carbocycles. The zero-order valence-corrected chi connectivity index (χ0v) is 13.2. The van der Waals surface area contributed by atoms with Crippen LogP contribution < -0.4 is 10.6 Å². The number of carbonyl (C=O) groups excluding carboxylic acids is 2. The first-order valence-corrected chi connectivity index (χ1v) is 7.73. The summed E-state index contributed by atoms with van der Waals surface area (Å²) >= 11 is 0. The molecule has 0 spiro atoms. The molecular formula is C15H20N6O2. The van der Waals surface area contributed by atoms with E-state index in [1.165, 1.54) is 0 Å². The summed E-state index contributed by atoms with van der Waals surface area (Å²) in [6.07, 6.45) is 4.12. The second kappa shape index (κ2) is 6.23. The first kappa shape index (κ1) is 15.3. The minimum Gasteiger partial charge on any atom is -0.364 e. The van der Waals surface area contributed by atoms with Crippen LogP contribution in [0.2, 0.25) is 0 Å². The van der Waals surface area contributed by atoms with Gasteiger partial charge >= 0.3 is 0 Å². The van der Waals surface area contributed by atoms with Gasteiger partial charge in [-0.2, -0.15) is 0 Å². The number of amides is 2. The summed E-state index contributed by atoms with van der Waals surface area (Å²) in [5.74, 6) is 0.520. The molecule has 23 heavy (non-hydrogen) atoms. The number of rotatable bonds is 4.